The molecule has 0 fully saturated rings. The fraction of sp³-hybridized carbons (Fsp3) is 0. The summed E-state index contributed by atoms with van der Waals surface area (Å²) in [6.45, 7) is 0. The summed E-state index contributed by atoms with van der Waals surface area (Å²) < 4.78 is 0.847. The molecule has 4 aromatic rings. The second kappa shape index (κ2) is 5.02. The van der Waals surface area contributed by atoms with Gasteiger partial charge in [-0.05, 0) is 18.2 Å². The Kier molecular flexibility index (Phi) is 2.98. The van der Waals surface area contributed by atoms with Gasteiger partial charge < -0.3 is 20.1 Å². The Hall–Kier alpha value is -3.01. The van der Waals surface area contributed by atoms with E-state index in [4.69, 9.17) is 0 Å². The van der Waals surface area contributed by atoms with Crippen molar-refractivity contribution >= 4 is 49.6 Å². The molecule has 0 aliphatic rings. The normalized spacial score (nSPS) is 11.9. The van der Waals surface area contributed by atoms with Crippen molar-refractivity contribution in [1.29, 1.82) is 0 Å². The van der Waals surface area contributed by atoms with Crippen LogP contribution in [0.3, 0.4) is 0 Å². The Morgan fingerprint density at radius 3 is 2.91 bits per heavy atom. The van der Waals surface area contributed by atoms with E-state index in [2.05, 4.69) is 51.1 Å². The maximum absolute atomic E-state index is 11.6. The first-order valence-corrected chi connectivity index (χ1v) is 7.26. The number of nitrogens with zero attached hydrogens (tertiary/aromatic N) is 4. The summed E-state index contributed by atoms with van der Waals surface area (Å²) in [5, 5.41) is 18.6. The Labute approximate surface area is 135 Å². The van der Waals surface area contributed by atoms with Crippen LogP contribution < -0.4 is 5.56 Å². The van der Waals surface area contributed by atoms with Gasteiger partial charge in [0.05, 0.1) is 11.8 Å². The standard InChI is InChI=1S/C13H8BrN7O2/c14-5-1-2-7-6(3-5)8(12(23)17-7)20-21-13-18-9-10(19-13)15-4-16-11(9)22/h1-4,17,23H,(H2,15,16,18,19,22). The summed E-state index contributed by atoms with van der Waals surface area (Å²) in [5.41, 5.74) is 1.12. The van der Waals surface area contributed by atoms with Crippen LogP contribution in [-0.2, 0) is 0 Å². The first kappa shape index (κ1) is 13.6. The van der Waals surface area contributed by atoms with Crippen LogP contribution in [0.5, 0.6) is 5.88 Å². The van der Waals surface area contributed by atoms with E-state index in [1.165, 1.54) is 6.33 Å². The SMILES string of the molecule is O=c1[nH]cnc2nc(N=Nc3c(O)[nH]c4ccc(Br)cc34)[nH]c12. The number of aromatic amines is 3. The Bertz CT molecular complexity index is 1120. The predicted molar refractivity (Wildman–Crippen MR) is 86.3 cm³/mol. The molecule has 0 saturated heterocycles. The van der Waals surface area contributed by atoms with Gasteiger partial charge in [-0.3, -0.25) is 4.79 Å². The molecule has 1 aromatic carbocycles. The molecule has 0 saturated carbocycles. The average molecular weight is 374 g/mol. The van der Waals surface area contributed by atoms with Gasteiger partial charge in [-0.25, -0.2) is 4.98 Å². The van der Waals surface area contributed by atoms with Crippen molar-refractivity contribution in [2.45, 2.75) is 0 Å². The van der Waals surface area contributed by atoms with Gasteiger partial charge in [0, 0.05) is 9.86 Å². The number of H-pyrrole nitrogens is 3. The highest BCUT2D eigenvalue weighted by molar-refractivity contribution is 9.10. The lowest BCUT2D eigenvalue weighted by molar-refractivity contribution is 0.459. The van der Waals surface area contributed by atoms with Crippen LogP contribution in [0.15, 0.2) is 44.0 Å². The highest BCUT2D eigenvalue weighted by atomic mass is 79.9. The lowest BCUT2D eigenvalue weighted by atomic mass is 10.2. The van der Waals surface area contributed by atoms with Crippen LogP contribution in [0, 0.1) is 0 Å². The molecule has 0 atom stereocenters. The topological polar surface area (TPSA) is 135 Å². The number of aromatic hydroxyl groups is 1. The molecule has 4 N–H and O–H groups in total. The van der Waals surface area contributed by atoms with Gasteiger partial charge in [-0.2, -0.15) is 4.98 Å². The van der Waals surface area contributed by atoms with Crippen molar-refractivity contribution in [3.8, 4) is 5.88 Å². The molecule has 0 spiro atoms. The lowest BCUT2D eigenvalue weighted by Gasteiger charge is -1.92. The summed E-state index contributed by atoms with van der Waals surface area (Å²) in [5.74, 6) is 0.0156. The maximum atomic E-state index is 11.6. The molecule has 23 heavy (non-hydrogen) atoms. The average Bonchev–Trinajstić information content (AvgIpc) is 3.06. The van der Waals surface area contributed by atoms with Gasteiger partial charge in [-0.1, -0.05) is 15.9 Å². The number of nitrogens with one attached hydrogen (secondary N) is 3. The van der Waals surface area contributed by atoms with E-state index in [9.17, 15) is 9.90 Å². The molecule has 3 heterocycles. The highest BCUT2D eigenvalue weighted by Crippen LogP contribution is 2.37. The first-order chi connectivity index (χ1) is 11.1. The minimum absolute atomic E-state index is 0.103. The zero-order valence-corrected chi connectivity index (χ0v) is 12.9. The Morgan fingerprint density at radius 2 is 2.09 bits per heavy atom. The molecule has 9 nitrogen and oxygen atoms in total. The molecule has 3 aromatic heterocycles. The third-order valence-electron chi connectivity index (χ3n) is 3.24. The van der Waals surface area contributed by atoms with Gasteiger partial charge in [0.1, 0.15) is 0 Å². The van der Waals surface area contributed by atoms with Crippen molar-refractivity contribution in [1.82, 2.24) is 24.9 Å². The summed E-state index contributed by atoms with van der Waals surface area (Å²) in [6.07, 6.45) is 1.26. The van der Waals surface area contributed by atoms with Crippen molar-refractivity contribution in [3.63, 3.8) is 0 Å². The molecule has 4 rings (SSSR count). The second-order valence-electron chi connectivity index (χ2n) is 4.70. The van der Waals surface area contributed by atoms with Crippen LogP contribution in [0.1, 0.15) is 0 Å². The van der Waals surface area contributed by atoms with E-state index < -0.39 is 0 Å². The molecule has 114 valence electrons. The van der Waals surface area contributed by atoms with Crippen molar-refractivity contribution in [3.05, 3.63) is 39.4 Å². The molecule has 0 aliphatic heterocycles. The van der Waals surface area contributed by atoms with Crippen molar-refractivity contribution in [2.24, 2.45) is 10.2 Å². The van der Waals surface area contributed by atoms with E-state index >= 15 is 0 Å². The van der Waals surface area contributed by atoms with E-state index in [0.717, 1.165) is 9.99 Å². The number of azo groups is 1. The minimum Gasteiger partial charge on any atom is -0.493 e. The largest absolute Gasteiger partial charge is 0.493 e. The van der Waals surface area contributed by atoms with Gasteiger partial charge in [0.2, 0.25) is 11.8 Å². The molecule has 10 heteroatoms. The van der Waals surface area contributed by atoms with Gasteiger partial charge in [-0.15, -0.1) is 10.2 Å². The highest BCUT2D eigenvalue weighted by Gasteiger charge is 2.11. The van der Waals surface area contributed by atoms with E-state index in [0.29, 0.717) is 5.39 Å². The molecular formula is C13H8BrN7O2. The number of rotatable bonds is 2. The number of hydrogen-bond acceptors (Lipinski definition) is 6. The summed E-state index contributed by atoms with van der Waals surface area (Å²) in [7, 11) is 0. The molecule has 0 bridgehead atoms. The minimum atomic E-state index is -0.345. The van der Waals surface area contributed by atoms with E-state index in [-0.39, 0.29) is 34.2 Å². The molecule has 0 radical (unpaired) electrons. The van der Waals surface area contributed by atoms with Crippen LogP contribution in [0.2, 0.25) is 0 Å². The number of hydrogen-bond donors (Lipinski definition) is 4. The van der Waals surface area contributed by atoms with E-state index in [1.807, 2.05) is 18.2 Å². The smallest absolute Gasteiger partial charge is 0.276 e. The molecule has 0 unspecified atom stereocenters. The third-order valence-corrected chi connectivity index (χ3v) is 3.73. The Morgan fingerprint density at radius 1 is 1.22 bits per heavy atom. The molecule has 0 amide bonds. The summed E-state index contributed by atoms with van der Waals surface area (Å²) in [6, 6.07) is 5.46. The van der Waals surface area contributed by atoms with Crippen LogP contribution in [0.4, 0.5) is 11.6 Å². The fourth-order valence-corrected chi connectivity index (χ4v) is 2.57. The lowest BCUT2D eigenvalue weighted by Crippen LogP contribution is -2.05. The zero-order valence-electron chi connectivity index (χ0n) is 11.3. The summed E-state index contributed by atoms with van der Waals surface area (Å²) >= 11 is 3.37. The van der Waals surface area contributed by atoms with Crippen LogP contribution in [-0.4, -0.2) is 30.0 Å². The zero-order chi connectivity index (χ0) is 16.0. The number of benzene rings is 1. The van der Waals surface area contributed by atoms with Crippen LogP contribution in [0.25, 0.3) is 22.1 Å². The number of fused-ring (bicyclic) bond motifs is 2. The van der Waals surface area contributed by atoms with Crippen LogP contribution >= 0.6 is 15.9 Å². The number of aromatic nitrogens is 5. The van der Waals surface area contributed by atoms with Gasteiger partial charge >= 0.3 is 0 Å². The first-order valence-electron chi connectivity index (χ1n) is 6.47. The Balaban J connectivity index is 1.81. The third kappa shape index (κ3) is 2.28. The summed E-state index contributed by atoms with van der Waals surface area (Å²) in [4.78, 5) is 27.6. The predicted octanol–water partition coefficient (Wildman–Crippen LogP) is 3.01. The van der Waals surface area contributed by atoms with Gasteiger partial charge in [0.25, 0.3) is 5.56 Å². The second-order valence-corrected chi connectivity index (χ2v) is 5.62. The fourth-order valence-electron chi connectivity index (χ4n) is 2.21. The molecule has 0 aliphatic carbocycles. The quantitative estimate of drug-likeness (QED) is 0.401. The molecular weight excluding hydrogens is 366 g/mol. The van der Waals surface area contributed by atoms with Crippen molar-refractivity contribution in [2.75, 3.05) is 0 Å². The van der Waals surface area contributed by atoms with Gasteiger partial charge in [0.15, 0.2) is 16.9 Å². The number of imidazole rings is 1. The number of halogens is 1. The van der Waals surface area contributed by atoms with E-state index in [1.54, 1.807) is 0 Å². The van der Waals surface area contributed by atoms with Crippen molar-refractivity contribution < 1.29 is 5.11 Å². The maximum Gasteiger partial charge on any atom is 0.276 e. The monoisotopic (exact) mass is 373 g/mol.